The van der Waals surface area contributed by atoms with E-state index < -0.39 is 0 Å². The van der Waals surface area contributed by atoms with E-state index in [2.05, 4.69) is 28.5 Å². The maximum atomic E-state index is 12.0. The molecule has 0 aliphatic heterocycles. The van der Waals surface area contributed by atoms with Crippen molar-refractivity contribution in [3.8, 4) is 5.75 Å². The molecule has 1 aliphatic carbocycles. The summed E-state index contributed by atoms with van der Waals surface area (Å²) in [4.78, 5) is 12.0. The molecule has 1 atom stereocenters. The Labute approximate surface area is 149 Å². The lowest BCUT2D eigenvalue weighted by molar-refractivity contribution is -0.119. The average Bonchev–Trinajstić information content (AvgIpc) is 2.60. The lowest BCUT2D eigenvalue weighted by Crippen LogP contribution is -2.28. The SMILES string of the molecule is C=C(C)[C@@H]1CC=C(C)/C(=N/NC(=O)CNc2ccc(OCC)cc2)C1. The Balaban J connectivity index is 1.84. The number of amides is 1. The molecule has 25 heavy (non-hydrogen) atoms. The number of allylic oxidation sites excluding steroid dienone is 3. The second-order valence-corrected chi connectivity index (χ2v) is 6.27. The van der Waals surface area contributed by atoms with Crippen LogP contribution in [0.3, 0.4) is 0 Å². The van der Waals surface area contributed by atoms with Gasteiger partial charge in [0.1, 0.15) is 5.75 Å². The van der Waals surface area contributed by atoms with Gasteiger partial charge in [0, 0.05) is 5.69 Å². The van der Waals surface area contributed by atoms with Gasteiger partial charge in [0.15, 0.2) is 0 Å². The Kier molecular flexibility index (Phi) is 6.81. The third-order valence-electron chi connectivity index (χ3n) is 4.23. The zero-order valence-electron chi connectivity index (χ0n) is 15.3. The van der Waals surface area contributed by atoms with Gasteiger partial charge in [-0.25, -0.2) is 5.43 Å². The lowest BCUT2D eigenvalue weighted by Gasteiger charge is -2.22. The van der Waals surface area contributed by atoms with E-state index in [0.717, 1.165) is 41.1 Å². The van der Waals surface area contributed by atoms with E-state index >= 15 is 0 Å². The van der Waals surface area contributed by atoms with Gasteiger partial charge < -0.3 is 10.1 Å². The number of carbonyl (C=O) groups excluding carboxylic acids is 1. The van der Waals surface area contributed by atoms with Crippen LogP contribution in [0.25, 0.3) is 0 Å². The van der Waals surface area contributed by atoms with Gasteiger partial charge in [-0.3, -0.25) is 4.79 Å². The van der Waals surface area contributed by atoms with Crippen LogP contribution < -0.4 is 15.5 Å². The Morgan fingerprint density at radius 3 is 2.72 bits per heavy atom. The van der Waals surface area contributed by atoms with Crippen LogP contribution in [0.15, 0.2) is 53.2 Å². The van der Waals surface area contributed by atoms with Crippen molar-refractivity contribution in [1.82, 2.24) is 5.43 Å². The van der Waals surface area contributed by atoms with Crippen molar-refractivity contribution in [2.24, 2.45) is 11.0 Å². The second-order valence-electron chi connectivity index (χ2n) is 6.27. The number of nitrogens with zero attached hydrogens (tertiary/aromatic N) is 1. The molecule has 0 spiro atoms. The molecule has 0 fully saturated rings. The van der Waals surface area contributed by atoms with Crippen molar-refractivity contribution in [3.63, 3.8) is 0 Å². The van der Waals surface area contributed by atoms with Crippen LogP contribution in [-0.2, 0) is 4.79 Å². The normalized spacial score (nSPS) is 18.4. The summed E-state index contributed by atoms with van der Waals surface area (Å²) in [6.45, 7) is 10.8. The van der Waals surface area contributed by atoms with Gasteiger partial charge in [-0.1, -0.05) is 18.2 Å². The fourth-order valence-corrected chi connectivity index (χ4v) is 2.61. The van der Waals surface area contributed by atoms with E-state index in [9.17, 15) is 4.79 Å². The molecule has 0 saturated heterocycles. The number of carbonyl (C=O) groups is 1. The molecule has 0 saturated carbocycles. The number of hydrogen-bond acceptors (Lipinski definition) is 4. The van der Waals surface area contributed by atoms with Crippen LogP contribution >= 0.6 is 0 Å². The van der Waals surface area contributed by atoms with Crippen LogP contribution in [0, 0.1) is 5.92 Å². The van der Waals surface area contributed by atoms with Crippen LogP contribution in [0.5, 0.6) is 5.75 Å². The van der Waals surface area contributed by atoms with Crippen molar-refractivity contribution in [3.05, 3.63) is 48.1 Å². The number of nitrogens with one attached hydrogen (secondary N) is 2. The Hall–Kier alpha value is -2.56. The first-order valence-corrected chi connectivity index (χ1v) is 8.64. The molecule has 2 N–H and O–H groups in total. The lowest BCUT2D eigenvalue weighted by atomic mass is 9.85. The van der Waals surface area contributed by atoms with Gasteiger partial charge in [-0.05, 0) is 69.4 Å². The molecule has 5 heteroatoms. The highest BCUT2D eigenvalue weighted by Crippen LogP contribution is 2.26. The minimum absolute atomic E-state index is 0.164. The summed E-state index contributed by atoms with van der Waals surface area (Å²) in [6, 6.07) is 7.51. The number of rotatable bonds is 7. The first-order valence-electron chi connectivity index (χ1n) is 8.64. The largest absolute Gasteiger partial charge is 0.494 e. The summed E-state index contributed by atoms with van der Waals surface area (Å²) in [6.07, 6.45) is 3.98. The van der Waals surface area contributed by atoms with E-state index in [1.54, 1.807) is 0 Å². The summed E-state index contributed by atoms with van der Waals surface area (Å²) < 4.78 is 5.39. The first kappa shape index (κ1) is 18.8. The zero-order chi connectivity index (χ0) is 18.2. The Morgan fingerprint density at radius 2 is 2.08 bits per heavy atom. The first-order chi connectivity index (χ1) is 12.0. The molecular formula is C20H27N3O2. The third-order valence-corrected chi connectivity index (χ3v) is 4.23. The van der Waals surface area contributed by atoms with Crippen LogP contribution in [-0.4, -0.2) is 24.8 Å². The minimum Gasteiger partial charge on any atom is -0.494 e. The monoisotopic (exact) mass is 341 g/mol. The van der Waals surface area contributed by atoms with Crippen LogP contribution in [0.4, 0.5) is 5.69 Å². The van der Waals surface area contributed by atoms with Gasteiger partial charge in [-0.2, -0.15) is 5.10 Å². The topological polar surface area (TPSA) is 62.7 Å². The van der Waals surface area contributed by atoms with Crippen molar-refractivity contribution in [2.45, 2.75) is 33.6 Å². The highest BCUT2D eigenvalue weighted by Gasteiger charge is 2.18. The summed E-state index contributed by atoms with van der Waals surface area (Å²) in [5.74, 6) is 1.04. The van der Waals surface area contributed by atoms with E-state index in [-0.39, 0.29) is 12.5 Å². The minimum atomic E-state index is -0.174. The quantitative estimate of drug-likeness (QED) is 0.584. The molecule has 0 bridgehead atoms. The predicted octanol–water partition coefficient (Wildman–Crippen LogP) is 3.90. The number of ether oxygens (including phenoxy) is 1. The van der Waals surface area contributed by atoms with Gasteiger partial charge in [0.25, 0.3) is 5.91 Å². The summed E-state index contributed by atoms with van der Waals surface area (Å²) in [5.41, 5.74) is 6.70. The summed E-state index contributed by atoms with van der Waals surface area (Å²) in [5, 5.41) is 7.37. The van der Waals surface area contributed by atoms with Gasteiger partial charge in [0.05, 0.1) is 18.9 Å². The number of hydrazone groups is 1. The zero-order valence-corrected chi connectivity index (χ0v) is 15.3. The predicted molar refractivity (Wildman–Crippen MR) is 103 cm³/mol. The Bertz CT molecular complexity index is 675. The average molecular weight is 341 g/mol. The van der Waals surface area contributed by atoms with Crippen molar-refractivity contribution in [1.29, 1.82) is 0 Å². The molecule has 5 nitrogen and oxygen atoms in total. The van der Waals surface area contributed by atoms with E-state index in [4.69, 9.17) is 4.74 Å². The molecule has 0 aromatic heterocycles. The molecule has 0 heterocycles. The molecule has 0 unspecified atom stereocenters. The fraction of sp³-hybridized carbons (Fsp3) is 0.400. The number of hydrogen-bond donors (Lipinski definition) is 2. The summed E-state index contributed by atoms with van der Waals surface area (Å²) >= 11 is 0. The van der Waals surface area contributed by atoms with Gasteiger partial charge in [-0.15, -0.1) is 0 Å². The maximum absolute atomic E-state index is 12.0. The molecule has 1 aromatic rings. The van der Waals surface area contributed by atoms with Crippen molar-refractivity contribution in [2.75, 3.05) is 18.5 Å². The molecule has 1 aliphatic rings. The second kappa shape index (κ2) is 9.06. The number of benzene rings is 1. The van der Waals surface area contributed by atoms with Crippen molar-refractivity contribution >= 4 is 17.3 Å². The fourth-order valence-electron chi connectivity index (χ4n) is 2.61. The molecule has 0 radical (unpaired) electrons. The third kappa shape index (κ3) is 5.78. The highest BCUT2D eigenvalue weighted by molar-refractivity contribution is 6.01. The van der Waals surface area contributed by atoms with Gasteiger partial charge >= 0.3 is 0 Å². The molecule has 1 aromatic carbocycles. The maximum Gasteiger partial charge on any atom is 0.259 e. The number of anilines is 1. The van der Waals surface area contributed by atoms with Gasteiger partial charge in [0.2, 0.25) is 0 Å². The molecule has 1 amide bonds. The van der Waals surface area contributed by atoms with E-state index in [1.165, 1.54) is 0 Å². The van der Waals surface area contributed by atoms with E-state index in [1.807, 2.05) is 45.0 Å². The molecule has 134 valence electrons. The molecule has 2 rings (SSSR count). The van der Waals surface area contributed by atoms with Crippen molar-refractivity contribution < 1.29 is 9.53 Å². The van der Waals surface area contributed by atoms with Crippen LogP contribution in [0.1, 0.15) is 33.6 Å². The van der Waals surface area contributed by atoms with E-state index in [0.29, 0.717) is 12.5 Å². The smallest absolute Gasteiger partial charge is 0.259 e. The van der Waals surface area contributed by atoms with Crippen LogP contribution in [0.2, 0.25) is 0 Å². The highest BCUT2D eigenvalue weighted by atomic mass is 16.5. The Morgan fingerprint density at radius 1 is 1.36 bits per heavy atom. The molecular weight excluding hydrogens is 314 g/mol. The standard InChI is InChI=1S/C20H27N3O2/c1-5-25-18-10-8-17(9-11-18)21-13-20(24)23-22-19-12-16(14(2)3)7-6-15(19)4/h6,8-11,16,21H,2,5,7,12-13H2,1,3-4H3,(H,23,24)/b22-19+/t16-/m1/s1. The summed E-state index contributed by atoms with van der Waals surface area (Å²) in [7, 11) is 0.